The topological polar surface area (TPSA) is 71.1 Å². The number of thioether (sulfide) groups is 1. The number of methoxy groups -OCH3 is 2. The number of carbonyl (C=O) groups is 2. The van der Waals surface area contributed by atoms with E-state index in [1.807, 2.05) is 50.8 Å². The monoisotopic (exact) mass is 423 g/mol. The molecule has 29 heavy (non-hydrogen) atoms. The van der Waals surface area contributed by atoms with Crippen molar-refractivity contribution in [2.24, 2.45) is 0 Å². The Balaban J connectivity index is 2.17. The van der Waals surface area contributed by atoms with E-state index in [1.54, 1.807) is 37.9 Å². The molecule has 0 spiro atoms. The normalized spacial score (nSPS) is 19.3. The van der Waals surface area contributed by atoms with Crippen molar-refractivity contribution in [1.82, 2.24) is 15.1 Å². The molecule has 0 radical (unpaired) electrons. The average molecular weight is 424 g/mol. The van der Waals surface area contributed by atoms with Crippen LogP contribution in [0, 0.1) is 0 Å². The van der Waals surface area contributed by atoms with Crippen LogP contribution in [0.5, 0.6) is 11.5 Å². The Morgan fingerprint density at radius 3 is 2.45 bits per heavy atom. The average Bonchev–Trinajstić information content (AvgIpc) is 2.99. The Kier molecular flexibility index (Phi) is 7.68. The van der Waals surface area contributed by atoms with Gasteiger partial charge in [-0.15, -0.1) is 11.8 Å². The molecule has 3 amide bonds. The molecule has 1 aromatic rings. The van der Waals surface area contributed by atoms with E-state index in [0.717, 1.165) is 12.0 Å². The summed E-state index contributed by atoms with van der Waals surface area (Å²) in [5, 5.41) is 2.74. The van der Waals surface area contributed by atoms with Crippen LogP contribution in [0.3, 0.4) is 0 Å². The van der Waals surface area contributed by atoms with Crippen LogP contribution in [0.1, 0.15) is 45.1 Å². The van der Waals surface area contributed by atoms with Crippen molar-refractivity contribution in [2.45, 2.75) is 50.3 Å². The lowest BCUT2D eigenvalue weighted by Crippen LogP contribution is -2.49. The second-order valence-corrected chi connectivity index (χ2v) is 9.42. The third-order valence-corrected chi connectivity index (χ3v) is 6.35. The number of urea groups is 1. The van der Waals surface area contributed by atoms with Gasteiger partial charge in [-0.2, -0.15) is 0 Å². The van der Waals surface area contributed by atoms with Gasteiger partial charge in [-0.25, -0.2) is 4.79 Å². The Labute approximate surface area is 178 Å². The fraction of sp³-hybridized carbons (Fsp3) is 0.619. The Hall–Kier alpha value is -2.09. The van der Waals surface area contributed by atoms with Gasteiger partial charge in [0.2, 0.25) is 5.91 Å². The summed E-state index contributed by atoms with van der Waals surface area (Å²) in [7, 11) is 4.95. The highest BCUT2D eigenvalue weighted by Gasteiger charge is 2.40. The number of amides is 3. The van der Waals surface area contributed by atoms with Gasteiger partial charge in [0.1, 0.15) is 5.37 Å². The van der Waals surface area contributed by atoms with Crippen LogP contribution in [0.25, 0.3) is 0 Å². The third-order valence-electron chi connectivity index (χ3n) is 4.70. The smallest absolute Gasteiger partial charge is 0.317 e. The van der Waals surface area contributed by atoms with Gasteiger partial charge < -0.3 is 24.6 Å². The molecule has 2 atom stereocenters. The van der Waals surface area contributed by atoms with E-state index in [2.05, 4.69) is 5.32 Å². The van der Waals surface area contributed by atoms with E-state index in [9.17, 15) is 9.59 Å². The fourth-order valence-electron chi connectivity index (χ4n) is 3.13. The van der Waals surface area contributed by atoms with Crippen molar-refractivity contribution in [1.29, 1.82) is 0 Å². The van der Waals surface area contributed by atoms with Gasteiger partial charge in [0.05, 0.1) is 19.5 Å². The summed E-state index contributed by atoms with van der Waals surface area (Å²) in [5.41, 5.74) is 0.680. The highest BCUT2D eigenvalue weighted by atomic mass is 32.2. The van der Waals surface area contributed by atoms with E-state index >= 15 is 0 Å². The summed E-state index contributed by atoms with van der Waals surface area (Å²) >= 11 is 1.64. The molecule has 0 aromatic heterocycles. The lowest BCUT2D eigenvalue weighted by Gasteiger charge is -2.29. The van der Waals surface area contributed by atoms with Crippen molar-refractivity contribution in [2.75, 3.05) is 34.4 Å². The van der Waals surface area contributed by atoms with E-state index in [1.165, 1.54) is 0 Å². The minimum Gasteiger partial charge on any atom is -0.493 e. The molecule has 1 saturated heterocycles. The zero-order valence-electron chi connectivity index (χ0n) is 18.4. The fourth-order valence-corrected chi connectivity index (χ4v) is 4.54. The summed E-state index contributed by atoms with van der Waals surface area (Å²) < 4.78 is 10.8. The predicted molar refractivity (Wildman–Crippen MR) is 117 cm³/mol. The maximum absolute atomic E-state index is 12.9. The number of nitrogens with zero attached hydrogens (tertiary/aromatic N) is 2. The molecular formula is C21H33N3O4S. The van der Waals surface area contributed by atoms with Gasteiger partial charge in [0.25, 0.3) is 0 Å². The highest BCUT2D eigenvalue weighted by molar-refractivity contribution is 8.01. The van der Waals surface area contributed by atoms with E-state index in [0.29, 0.717) is 24.6 Å². The number of benzene rings is 1. The molecule has 1 heterocycles. The molecule has 0 aliphatic carbocycles. The van der Waals surface area contributed by atoms with Crippen molar-refractivity contribution in [3.63, 3.8) is 0 Å². The molecule has 1 aliphatic heterocycles. The quantitative estimate of drug-likeness (QED) is 0.727. The molecule has 1 aliphatic rings. The Morgan fingerprint density at radius 1 is 1.24 bits per heavy atom. The zero-order valence-corrected chi connectivity index (χ0v) is 19.3. The minimum absolute atomic E-state index is 0.0817. The lowest BCUT2D eigenvalue weighted by atomic mass is 10.1. The van der Waals surface area contributed by atoms with Crippen LogP contribution in [-0.2, 0) is 4.79 Å². The maximum Gasteiger partial charge on any atom is 0.317 e. The molecule has 0 saturated carbocycles. The molecule has 2 unspecified atom stereocenters. The molecule has 2 rings (SSSR count). The molecule has 7 nitrogen and oxygen atoms in total. The van der Waals surface area contributed by atoms with Crippen LogP contribution in [0.4, 0.5) is 4.79 Å². The number of likely N-dealkylation sites (N-methyl/N-ethyl adjacent to an activating group) is 1. The zero-order chi connectivity index (χ0) is 21.8. The number of hydrogen-bond donors (Lipinski definition) is 1. The maximum atomic E-state index is 12.9. The van der Waals surface area contributed by atoms with E-state index in [4.69, 9.17) is 9.47 Å². The van der Waals surface area contributed by atoms with Gasteiger partial charge >= 0.3 is 6.03 Å². The first-order valence-corrected chi connectivity index (χ1v) is 10.8. The molecule has 1 aromatic carbocycles. The van der Waals surface area contributed by atoms with Crippen molar-refractivity contribution in [3.8, 4) is 11.5 Å². The number of rotatable bonds is 7. The number of carbonyl (C=O) groups excluding carboxylic acids is 2. The molecule has 1 N–H and O–H groups in total. The second-order valence-electron chi connectivity index (χ2n) is 8.13. The summed E-state index contributed by atoms with van der Waals surface area (Å²) in [5.74, 6) is 1.41. The van der Waals surface area contributed by atoms with E-state index in [-0.39, 0.29) is 28.1 Å². The first kappa shape index (κ1) is 23.2. The van der Waals surface area contributed by atoms with Gasteiger partial charge in [0, 0.05) is 25.7 Å². The number of hydrogen-bond acceptors (Lipinski definition) is 5. The Bertz CT molecular complexity index is 735. The summed E-state index contributed by atoms with van der Waals surface area (Å²) in [6.45, 7) is 8.77. The summed E-state index contributed by atoms with van der Waals surface area (Å²) in [6.07, 6.45) is 0.768. The van der Waals surface area contributed by atoms with Gasteiger partial charge in [-0.05, 0) is 44.9 Å². The van der Waals surface area contributed by atoms with Crippen LogP contribution < -0.4 is 14.8 Å². The number of ether oxygens (including phenoxy) is 2. The van der Waals surface area contributed by atoms with E-state index < -0.39 is 0 Å². The SMILES string of the molecule is CCC1SC(c2ccc(OC)c(OC)c2)N(CCN(C)C(=O)NC(C)(C)C)C1=O. The largest absolute Gasteiger partial charge is 0.493 e. The second kappa shape index (κ2) is 9.61. The molecule has 1 fully saturated rings. The van der Waals surface area contributed by atoms with Crippen LogP contribution >= 0.6 is 11.8 Å². The van der Waals surface area contributed by atoms with Crippen LogP contribution in [0.2, 0.25) is 0 Å². The first-order valence-electron chi connectivity index (χ1n) is 9.82. The minimum atomic E-state index is -0.305. The lowest BCUT2D eigenvalue weighted by molar-refractivity contribution is -0.130. The molecular weight excluding hydrogens is 390 g/mol. The Morgan fingerprint density at radius 2 is 1.90 bits per heavy atom. The molecule has 8 heteroatoms. The standard InChI is InChI=1S/C21H33N3O4S/c1-8-17-18(25)24(12-11-23(5)20(26)22-21(2,3)4)19(29-17)14-9-10-15(27-6)16(13-14)28-7/h9-10,13,17,19H,8,11-12H2,1-7H3,(H,22,26). The van der Waals surface area contributed by atoms with Crippen LogP contribution in [-0.4, -0.2) is 66.9 Å². The third kappa shape index (κ3) is 5.72. The van der Waals surface area contributed by atoms with Gasteiger partial charge in [0.15, 0.2) is 11.5 Å². The molecule has 162 valence electrons. The number of nitrogens with one attached hydrogen (secondary N) is 1. The first-order chi connectivity index (χ1) is 13.6. The van der Waals surface area contributed by atoms with Gasteiger partial charge in [-0.1, -0.05) is 13.0 Å². The van der Waals surface area contributed by atoms with Gasteiger partial charge in [-0.3, -0.25) is 4.79 Å². The van der Waals surface area contributed by atoms with Crippen molar-refractivity contribution < 1.29 is 19.1 Å². The molecule has 0 bridgehead atoms. The van der Waals surface area contributed by atoms with Crippen molar-refractivity contribution >= 4 is 23.7 Å². The van der Waals surface area contributed by atoms with Crippen molar-refractivity contribution in [3.05, 3.63) is 23.8 Å². The highest BCUT2D eigenvalue weighted by Crippen LogP contribution is 2.45. The van der Waals surface area contributed by atoms with Crippen LogP contribution in [0.15, 0.2) is 18.2 Å². The predicted octanol–water partition coefficient (Wildman–Crippen LogP) is 3.50. The summed E-state index contributed by atoms with van der Waals surface area (Å²) in [4.78, 5) is 28.8. The summed E-state index contributed by atoms with van der Waals surface area (Å²) in [6, 6.07) is 5.60.